The minimum absolute atomic E-state index is 0.556. The highest BCUT2D eigenvalue weighted by atomic mass is 35.5. The highest BCUT2D eigenvalue weighted by molar-refractivity contribution is 6.30. The zero-order valence-corrected chi connectivity index (χ0v) is 16.9. The van der Waals surface area contributed by atoms with E-state index < -0.39 is 0 Å². The molecule has 0 amide bonds. The van der Waals surface area contributed by atoms with Crippen LogP contribution in [0.5, 0.6) is 0 Å². The summed E-state index contributed by atoms with van der Waals surface area (Å²) in [5.41, 5.74) is 4.70. The molecule has 30 heavy (non-hydrogen) atoms. The van der Waals surface area contributed by atoms with E-state index in [1.165, 1.54) is 0 Å². The number of halogens is 1. The van der Waals surface area contributed by atoms with Crippen molar-refractivity contribution in [1.29, 1.82) is 0 Å². The largest absolute Gasteiger partial charge is 0.366 e. The molecule has 5 rings (SSSR count). The van der Waals surface area contributed by atoms with Crippen LogP contribution in [0.4, 0.5) is 5.82 Å². The first-order valence-electron chi connectivity index (χ1n) is 9.51. The van der Waals surface area contributed by atoms with E-state index in [-0.39, 0.29) is 0 Å². The SMILES string of the molecule is CCc1cc(NCc2ccc(-n3c(Cl)ccc3-c3nnn[nH]3)cc2)n2nccc2n1. The number of aromatic amines is 1. The number of nitrogens with one attached hydrogen (secondary N) is 2. The van der Waals surface area contributed by atoms with Gasteiger partial charge >= 0.3 is 0 Å². The predicted molar refractivity (Wildman–Crippen MR) is 114 cm³/mol. The van der Waals surface area contributed by atoms with Crippen LogP contribution in [0.25, 0.3) is 22.9 Å². The molecule has 0 spiro atoms. The third-order valence-electron chi connectivity index (χ3n) is 4.86. The molecular formula is C20H18ClN9. The van der Waals surface area contributed by atoms with Gasteiger partial charge in [0.1, 0.15) is 11.0 Å². The lowest BCUT2D eigenvalue weighted by Gasteiger charge is -2.12. The second-order valence-corrected chi connectivity index (χ2v) is 7.12. The van der Waals surface area contributed by atoms with Crippen LogP contribution >= 0.6 is 11.6 Å². The van der Waals surface area contributed by atoms with E-state index in [0.717, 1.165) is 40.5 Å². The Hall–Kier alpha value is -3.72. The standard InChI is InChI=1S/C20H18ClN9/c1-2-14-11-19(30-18(24-14)9-10-23-30)22-12-13-3-5-15(6-4-13)29-16(7-8-17(29)21)20-25-27-28-26-20/h3-11,22H,2,12H2,1H3,(H,25,26,27,28). The number of H-pyrrole nitrogens is 1. The molecule has 0 aliphatic heterocycles. The smallest absolute Gasteiger partial charge is 0.196 e. The van der Waals surface area contributed by atoms with Crippen molar-refractivity contribution < 1.29 is 0 Å². The van der Waals surface area contributed by atoms with Gasteiger partial charge in [-0.1, -0.05) is 30.7 Å². The Morgan fingerprint density at radius 3 is 2.73 bits per heavy atom. The summed E-state index contributed by atoms with van der Waals surface area (Å²) in [5.74, 6) is 1.47. The third-order valence-corrected chi connectivity index (χ3v) is 5.16. The maximum absolute atomic E-state index is 6.40. The number of anilines is 1. The molecule has 0 saturated heterocycles. The molecular weight excluding hydrogens is 402 g/mol. The fourth-order valence-electron chi connectivity index (χ4n) is 3.35. The predicted octanol–water partition coefficient (Wildman–Crippen LogP) is 3.53. The van der Waals surface area contributed by atoms with Gasteiger partial charge in [0.2, 0.25) is 0 Å². The van der Waals surface area contributed by atoms with Crippen LogP contribution in [0.1, 0.15) is 18.2 Å². The first-order valence-corrected chi connectivity index (χ1v) is 9.89. The van der Waals surface area contributed by atoms with Gasteiger partial charge in [0, 0.05) is 30.1 Å². The van der Waals surface area contributed by atoms with Gasteiger partial charge in [-0.25, -0.2) is 10.1 Å². The molecule has 0 atom stereocenters. The van der Waals surface area contributed by atoms with Gasteiger partial charge < -0.3 is 5.32 Å². The van der Waals surface area contributed by atoms with Crippen LogP contribution in [-0.2, 0) is 13.0 Å². The van der Waals surface area contributed by atoms with Crippen molar-refractivity contribution in [3.05, 3.63) is 71.1 Å². The fraction of sp³-hybridized carbons (Fsp3) is 0.150. The van der Waals surface area contributed by atoms with E-state index in [0.29, 0.717) is 17.5 Å². The summed E-state index contributed by atoms with van der Waals surface area (Å²) in [7, 11) is 0. The van der Waals surface area contributed by atoms with Crippen molar-refractivity contribution in [2.45, 2.75) is 19.9 Å². The normalized spacial score (nSPS) is 11.3. The van der Waals surface area contributed by atoms with Crippen molar-refractivity contribution in [3.63, 3.8) is 0 Å². The van der Waals surface area contributed by atoms with Crippen LogP contribution in [0.15, 0.2) is 54.7 Å². The van der Waals surface area contributed by atoms with Gasteiger partial charge in [-0.15, -0.1) is 5.10 Å². The monoisotopic (exact) mass is 419 g/mol. The van der Waals surface area contributed by atoms with E-state index in [2.05, 4.69) is 55.1 Å². The Bertz CT molecular complexity index is 1290. The molecule has 0 bridgehead atoms. The molecule has 0 fully saturated rings. The maximum Gasteiger partial charge on any atom is 0.196 e. The topological polar surface area (TPSA) is 102 Å². The molecule has 0 radical (unpaired) electrons. The molecule has 4 heterocycles. The lowest BCUT2D eigenvalue weighted by atomic mass is 10.2. The second kappa shape index (κ2) is 7.60. The average molecular weight is 420 g/mol. The van der Waals surface area contributed by atoms with Gasteiger partial charge in [0.15, 0.2) is 11.5 Å². The summed E-state index contributed by atoms with van der Waals surface area (Å²) in [4.78, 5) is 4.58. The van der Waals surface area contributed by atoms with Crippen molar-refractivity contribution in [2.75, 3.05) is 5.32 Å². The van der Waals surface area contributed by atoms with Gasteiger partial charge in [0.05, 0.1) is 11.9 Å². The number of rotatable bonds is 6. The number of aryl methyl sites for hydroxylation is 1. The van der Waals surface area contributed by atoms with Crippen molar-refractivity contribution in [2.24, 2.45) is 0 Å². The number of hydrogen-bond acceptors (Lipinski definition) is 6. The van der Waals surface area contributed by atoms with E-state index in [4.69, 9.17) is 11.6 Å². The fourth-order valence-corrected chi connectivity index (χ4v) is 3.61. The number of hydrogen-bond donors (Lipinski definition) is 2. The van der Waals surface area contributed by atoms with Gasteiger partial charge in [-0.2, -0.15) is 9.61 Å². The summed E-state index contributed by atoms with van der Waals surface area (Å²) in [6.07, 6.45) is 2.62. The van der Waals surface area contributed by atoms with E-state index in [9.17, 15) is 0 Å². The van der Waals surface area contributed by atoms with Crippen molar-refractivity contribution in [1.82, 2.24) is 39.8 Å². The Kier molecular flexibility index (Phi) is 4.64. The average Bonchev–Trinajstić information content (AvgIpc) is 3.52. The number of nitrogens with zero attached hydrogens (tertiary/aromatic N) is 7. The van der Waals surface area contributed by atoms with E-state index in [1.807, 2.05) is 45.5 Å². The van der Waals surface area contributed by atoms with E-state index in [1.54, 1.807) is 6.20 Å². The molecule has 0 aliphatic carbocycles. The zero-order chi connectivity index (χ0) is 20.5. The van der Waals surface area contributed by atoms with Crippen molar-refractivity contribution >= 4 is 23.1 Å². The Morgan fingerprint density at radius 1 is 1.10 bits per heavy atom. The van der Waals surface area contributed by atoms with Gasteiger partial charge in [0.25, 0.3) is 0 Å². The number of benzene rings is 1. The molecule has 5 aromatic rings. The molecule has 2 N–H and O–H groups in total. The Labute approximate surface area is 176 Å². The molecule has 0 unspecified atom stereocenters. The van der Waals surface area contributed by atoms with Gasteiger partial charge in [-0.05, 0) is 46.7 Å². The number of aromatic nitrogens is 8. The number of fused-ring (bicyclic) bond motifs is 1. The first-order chi connectivity index (χ1) is 14.7. The quantitative estimate of drug-likeness (QED) is 0.436. The highest BCUT2D eigenvalue weighted by Crippen LogP contribution is 2.27. The molecule has 0 saturated carbocycles. The maximum atomic E-state index is 6.40. The molecule has 4 aromatic heterocycles. The molecule has 9 nitrogen and oxygen atoms in total. The molecule has 1 aromatic carbocycles. The Morgan fingerprint density at radius 2 is 1.97 bits per heavy atom. The lowest BCUT2D eigenvalue weighted by molar-refractivity contribution is 0.881. The van der Waals surface area contributed by atoms with Gasteiger partial charge in [-0.3, -0.25) is 4.57 Å². The summed E-state index contributed by atoms with van der Waals surface area (Å²) in [5, 5.41) is 22.4. The first kappa shape index (κ1) is 18.3. The second-order valence-electron chi connectivity index (χ2n) is 6.73. The summed E-state index contributed by atoms with van der Waals surface area (Å²) >= 11 is 6.40. The van der Waals surface area contributed by atoms with Crippen LogP contribution < -0.4 is 5.32 Å². The summed E-state index contributed by atoms with van der Waals surface area (Å²) in [6, 6.07) is 15.8. The number of tetrazole rings is 1. The molecule has 150 valence electrons. The zero-order valence-electron chi connectivity index (χ0n) is 16.1. The summed E-state index contributed by atoms with van der Waals surface area (Å²) < 4.78 is 3.70. The van der Waals surface area contributed by atoms with Crippen molar-refractivity contribution in [3.8, 4) is 17.2 Å². The van der Waals surface area contributed by atoms with Crippen LogP contribution in [0.3, 0.4) is 0 Å². The third kappa shape index (κ3) is 3.29. The van der Waals surface area contributed by atoms with Crippen LogP contribution in [0, 0.1) is 0 Å². The molecule has 10 heteroatoms. The van der Waals surface area contributed by atoms with Crippen LogP contribution in [0.2, 0.25) is 5.15 Å². The van der Waals surface area contributed by atoms with E-state index >= 15 is 0 Å². The molecule has 0 aliphatic rings. The minimum Gasteiger partial charge on any atom is -0.366 e. The Balaban J connectivity index is 1.39. The van der Waals surface area contributed by atoms with Crippen LogP contribution in [-0.4, -0.2) is 39.8 Å². The highest BCUT2D eigenvalue weighted by Gasteiger charge is 2.13. The summed E-state index contributed by atoms with van der Waals surface area (Å²) in [6.45, 7) is 2.74. The minimum atomic E-state index is 0.556. The lowest BCUT2D eigenvalue weighted by Crippen LogP contribution is -2.07.